The van der Waals surface area contributed by atoms with Gasteiger partial charge in [0, 0.05) is 11.1 Å². The van der Waals surface area contributed by atoms with Gasteiger partial charge in [-0.1, -0.05) is 54.1 Å². The molecule has 0 bridgehead atoms. The van der Waals surface area contributed by atoms with Crippen molar-refractivity contribution in [3.63, 3.8) is 0 Å². The van der Waals surface area contributed by atoms with Gasteiger partial charge in [0.25, 0.3) is 0 Å². The van der Waals surface area contributed by atoms with E-state index in [0.717, 1.165) is 17.7 Å². The number of benzene rings is 2. The molecular weight excluding hydrogens is 344 g/mol. The summed E-state index contributed by atoms with van der Waals surface area (Å²) in [4.78, 5) is 0. The number of halogens is 4. The van der Waals surface area contributed by atoms with E-state index in [1.54, 1.807) is 26.0 Å². The van der Waals surface area contributed by atoms with Crippen LogP contribution in [0.1, 0.15) is 23.6 Å². The Morgan fingerprint density at radius 2 is 1.15 bits per heavy atom. The fourth-order valence-corrected chi connectivity index (χ4v) is 2.90. The molecule has 0 fully saturated rings. The van der Waals surface area contributed by atoms with Crippen LogP contribution in [0.25, 0.3) is 11.1 Å². The molecule has 0 spiro atoms. The van der Waals surface area contributed by atoms with Crippen LogP contribution in [0, 0.1) is 6.92 Å². The van der Waals surface area contributed by atoms with Crippen molar-refractivity contribution in [2.45, 2.75) is 25.7 Å². The Bertz CT molecular complexity index is 847. The number of ether oxygens (including phenoxy) is 1. The van der Waals surface area contributed by atoms with Gasteiger partial charge in [0.15, 0.2) is 0 Å². The standard InChI is InChI=1S/C21H18F4O/c1-3-26-17-10-8-16(9-11-17)19-13-12-18(20(22,23)21(19,24)25)15-6-4-14(2)5-7-15/h4-13H,3H2,1-2H3. The molecule has 0 aromatic heterocycles. The third-order valence-corrected chi connectivity index (χ3v) is 4.33. The van der Waals surface area contributed by atoms with Gasteiger partial charge in [0.1, 0.15) is 5.75 Å². The average molecular weight is 362 g/mol. The summed E-state index contributed by atoms with van der Waals surface area (Å²) < 4.78 is 64.0. The number of aryl methyl sites for hydroxylation is 1. The molecule has 2 aromatic rings. The second-order valence-corrected chi connectivity index (χ2v) is 6.13. The molecule has 0 aliphatic heterocycles. The molecule has 1 aliphatic carbocycles. The summed E-state index contributed by atoms with van der Waals surface area (Å²) in [6.45, 7) is 4.03. The van der Waals surface area contributed by atoms with E-state index in [2.05, 4.69) is 0 Å². The lowest BCUT2D eigenvalue weighted by Crippen LogP contribution is -2.44. The van der Waals surface area contributed by atoms with Crippen molar-refractivity contribution in [1.82, 2.24) is 0 Å². The molecule has 0 N–H and O–H groups in total. The zero-order chi connectivity index (χ0) is 18.9. The summed E-state index contributed by atoms with van der Waals surface area (Å²) in [5.41, 5.74) is -0.399. The minimum absolute atomic E-state index is 0.0392. The predicted molar refractivity (Wildman–Crippen MR) is 94.6 cm³/mol. The van der Waals surface area contributed by atoms with Crippen molar-refractivity contribution in [3.8, 4) is 5.75 Å². The van der Waals surface area contributed by atoms with Crippen molar-refractivity contribution >= 4 is 11.1 Å². The van der Waals surface area contributed by atoms with Crippen LogP contribution in [0.4, 0.5) is 17.6 Å². The van der Waals surface area contributed by atoms with Gasteiger partial charge in [0.05, 0.1) is 6.61 Å². The molecule has 0 unspecified atom stereocenters. The van der Waals surface area contributed by atoms with Crippen molar-refractivity contribution in [2.24, 2.45) is 0 Å². The van der Waals surface area contributed by atoms with Crippen molar-refractivity contribution in [2.75, 3.05) is 6.61 Å². The number of rotatable bonds is 4. The summed E-state index contributed by atoms with van der Waals surface area (Å²) >= 11 is 0. The van der Waals surface area contributed by atoms with E-state index in [-0.39, 0.29) is 11.1 Å². The van der Waals surface area contributed by atoms with Crippen molar-refractivity contribution < 1.29 is 22.3 Å². The molecular formula is C21H18F4O. The lowest BCUT2D eigenvalue weighted by Gasteiger charge is -2.33. The van der Waals surface area contributed by atoms with E-state index >= 15 is 0 Å². The molecule has 0 heterocycles. The SMILES string of the molecule is CCOc1ccc(C2=CC=C(c3ccc(C)cc3)C(F)(F)C2(F)F)cc1. The van der Waals surface area contributed by atoms with Crippen molar-refractivity contribution in [3.05, 3.63) is 77.4 Å². The molecule has 136 valence electrons. The first-order chi connectivity index (χ1) is 12.3. The highest BCUT2D eigenvalue weighted by atomic mass is 19.3. The fraction of sp³-hybridized carbons (Fsp3) is 0.238. The molecule has 1 nitrogen and oxygen atoms in total. The van der Waals surface area contributed by atoms with Crippen LogP contribution in [0.3, 0.4) is 0 Å². The first kappa shape index (κ1) is 18.2. The van der Waals surface area contributed by atoms with Gasteiger partial charge in [-0.25, -0.2) is 0 Å². The van der Waals surface area contributed by atoms with Gasteiger partial charge in [-0.15, -0.1) is 0 Å². The van der Waals surface area contributed by atoms with Gasteiger partial charge in [0.2, 0.25) is 0 Å². The maximum absolute atomic E-state index is 14.7. The lowest BCUT2D eigenvalue weighted by atomic mass is 9.83. The molecule has 1 aliphatic rings. The zero-order valence-corrected chi connectivity index (χ0v) is 14.4. The van der Waals surface area contributed by atoms with Crippen LogP contribution in [0.15, 0.2) is 60.7 Å². The molecule has 3 rings (SSSR count). The van der Waals surface area contributed by atoms with Crippen LogP contribution in [-0.4, -0.2) is 18.5 Å². The molecule has 2 aromatic carbocycles. The van der Waals surface area contributed by atoms with E-state index in [9.17, 15) is 17.6 Å². The molecule has 0 saturated heterocycles. The highest BCUT2D eigenvalue weighted by Crippen LogP contribution is 2.53. The van der Waals surface area contributed by atoms with Gasteiger partial charge >= 0.3 is 11.8 Å². The van der Waals surface area contributed by atoms with Gasteiger partial charge < -0.3 is 4.74 Å². The number of allylic oxidation sites excluding steroid dienone is 4. The zero-order valence-electron chi connectivity index (χ0n) is 14.4. The average Bonchev–Trinajstić information content (AvgIpc) is 2.60. The molecule has 0 atom stereocenters. The Balaban J connectivity index is 2.05. The van der Waals surface area contributed by atoms with Gasteiger partial charge in [-0.3, -0.25) is 0 Å². The summed E-state index contributed by atoms with van der Waals surface area (Å²) in [5, 5.41) is 0. The highest BCUT2D eigenvalue weighted by molar-refractivity contribution is 5.86. The van der Waals surface area contributed by atoms with Crippen LogP contribution in [0.2, 0.25) is 0 Å². The third kappa shape index (κ3) is 3.02. The first-order valence-corrected chi connectivity index (χ1v) is 8.26. The molecule has 0 amide bonds. The largest absolute Gasteiger partial charge is 0.494 e. The topological polar surface area (TPSA) is 9.23 Å². The Morgan fingerprint density at radius 3 is 1.58 bits per heavy atom. The first-order valence-electron chi connectivity index (χ1n) is 8.26. The number of hydrogen-bond acceptors (Lipinski definition) is 1. The minimum Gasteiger partial charge on any atom is -0.494 e. The monoisotopic (exact) mass is 362 g/mol. The van der Waals surface area contributed by atoms with E-state index in [1.165, 1.54) is 36.4 Å². The third-order valence-electron chi connectivity index (χ3n) is 4.33. The summed E-state index contributed by atoms with van der Waals surface area (Å²) in [6.07, 6.45) is 2.15. The number of hydrogen-bond donors (Lipinski definition) is 0. The minimum atomic E-state index is -4.32. The predicted octanol–water partition coefficient (Wildman–Crippen LogP) is 6.14. The van der Waals surface area contributed by atoms with E-state index < -0.39 is 23.0 Å². The normalized spacial score (nSPS) is 18.1. The van der Waals surface area contributed by atoms with Crippen LogP contribution < -0.4 is 4.74 Å². The molecule has 0 saturated carbocycles. The van der Waals surface area contributed by atoms with E-state index in [0.29, 0.717) is 12.4 Å². The second kappa shape index (κ2) is 6.63. The Kier molecular flexibility index (Phi) is 4.65. The maximum Gasteiger partial charge on any atom is 0.340 e. The summed E-state index contributed by atoms with van der Waals surface area (Å²) in [7, 11) is 0. The highest BCUT2D eigenvalue weighted by Gasteiger charge is 2.62. The quantitative estimate of drug-likeness (QED) is 0.593. The Hall–Kier alpha value is -2.56. The lowest BCUT2D eigenvalue weighted by molar-refractivity contribution is -0.133. The Morgan fingerprint density at radius 1 is 0.731 bits per heavy atom. The molecule has 5 heteroatoms. The van der Waals surface area contributed by atoms with E-state index in [4.69, 9.17) is 4.74 Å². The number of alkyl halides is 4. The van der Waals surface area contributed by atoms with Crippen molar-refractivity contribution in [1.29, 1.82) is 0 Å². The van der Waals surface area contributed by atoms with Crippen LogP contribution in [-0.2, 0) is 0 Å². The maximum atomic E-state index is 14.7. The molecule has 26 heavy (non-hydrogen) atoms. The fourth-order valence-electron chi connectivity index (χ4n) is 2.90. The van der Waals surface area contributed by atoms with E-state index in [1.807, 2.05) is 0 Å². The van der Waals surface area contributed by atoms with Gasteiger partial charge in [-0.2, -0.15) is 17.6 Å². The summed E-state index contributed by atoms with van der Waals surface area (Å²) in [6, 6.07) is 11.8. The summed E-state index contributed by atoms with van der Waals surface area (Å²) in [5.74, 6) is -8.14. The smallest absolute Gasteiger partial charge is 0.340 e. The van der Waals surface area contributed by atoms with Crippen LogP contribution >= 0.6 is 0 Å². The molecule has 0 radical (unpaired) electrons. The second-order valence-electron chi connectivity index (χ2n) is 6.13. The van der Waals surface area contributed by atoms with Crippen LogP contribution in [0.5, 0.6) is 5.75 Å². The Labute approximate surface area is 149 Å². The van der Waals surface area contributed by atoms with Gasteiger partial charge in [-0.05, 0) is 37.1 Å².